The second kappa shape index (κ2) is 10.4. The number of nitrogens with two attached hydrogens (primary N) is 1. The van der Waals surface area contributed by atoms with E-state index in [0.29, 0.717) is 0 Å². The smallest absolute Gasteiger partial charge is 0.394 e. The number of rotatable bonds is 8. The number of hydrogen-bond donors (Lipinski definition) is 6. The van der Waals surface area contributed by atoms with Crippen molar-refractivity contribution in [2.75, 3.05) is 18.9 Å². The maximum absolute atomic E-state index is 12.7. The van der Waals surface area contributed by atoms with Crippen LogP contribution >= 0.6 is 7.82 Å². The molecule has 3 aromatic heterocycles. The molecule has 5 heterocycles. The third-order valence-corrected chi connectivity index (χ3v) is 7.46. The predicted octanol–water partition coefficient (Wildman–Crippen LogP) is -2.01. The lowest BCUT2D eigenvalue weighted by Crippen LogP contribution is -2.33. The highest BCUT2D eigenvalue weighted by molar-refractivity contribution is 7.47. The average Bonchev–Trinajstić information content (AvgIpc) is 3.56. The van der Waals surface area contributed by atoms with Crippen LogP contribution in [0.5, 0.6) is 0 Å². The van der Waals surface area contributed by atoms with Gasteiger partial charge in [-0.15, -0.1) is 0 Å². The van der Waals surface area contributed by atoms with Gasteiger partial charge in [-0.1, -0.05) is 0 Å². The van der Waals surface area contributed by atoms with Crippen LogP contribution in [-0.4, -0.2) is 81.8 Å². The minimum absolute atomic E-state index is 0.0186. The van der Waals surface area contributed by atoms with E-state index < -0.39 is 74.7 Å². The van der Waals surface area contributed by atoms with Crippen LogP contribution < -0.4 is 22.5 Å². The number of H-pyrrole nitrogens is 2. The number of aliphatic hydroxyl groups is 2. The monoisotopic (exact) mass is 571 g/mol. The van der Waals surface area contributed by atoms with Gasteiger partial charge < -0.3 is 30.3 Å². The minimum atomic E-state index is -4.77. The molecule has 2 aliphatic heterocycles. The molecular formula is C20H26N7O11P. The van der Waals surface area contributed by atoms with Crippen molar-refractivity contribution in [1.29, 1.82) is 0 Å². The van der Waals surface area contributed by atoms with Crippen LogP contribution in [0.15, 0.2) is 26.9 Å². The fourth-order valence-corrected chi connectivity index (χ4v) is 5.47. The Balaban J connectivity index is 1.23. The lowest BCUT2D eigenvalue weighted by Gasteiger charge is -2.21. The maximum atomic E-state index is 12.7. The first-order chi connectivity index (χ1) is 18.5. The highest BCUT2D eigenvalue weighted by atomic mass is 31.2. The molecule has 0 aromatic carbocycles. The van der Waals surface area contributed by atoms with Crippen molar-refractivity contribution in [2.45, 2.75) is 56.6 Å². The summed E-state index contributed by atoms with van der Waals surface area (Å²) < 4.78 is 36.8. The lowest BCUT2D eigenvalue weighted by molar-refractivity contribution is -0.0564. The molecule has 212 valence electrons. The summed E-state index contributed by atoms with van der Waals surface area (Å²) in [5.74, 6) is -0.133. The van der Waals surface area contributed by atoms with E-state index in [1.165, 1.54) is 24.0 Å². The van der Waals surface area contributed by atoms with Crippen LogP contribution in [0.3, 0.4) is 0 Å². The van der Waals surface area contributed by atoms with Gasteiger partial charge in [-0.05, 0) is 6.92 Å². The van der Waals surface area contributed by atoms with Crippen LogP contribution in [-0.2, 0) is 23.1 Å². The van der Waals surface area contributed by atoms with Crippen LogP contribution in [0.25, 0.3) is 11.2 Å². The zero-order valence-electron chi connectivity index (χ0n) is 20.4. The highest BCUT2D eigenvalue weighted by Crippen LogP contribution is 2.49. The van der Waals surface area contributed by atoms with E-state index in [0.717, 1.165) is 4.57 Å². The number of nitrogen functional groups attached to an aromatic ring is 1. The Morgan fingerprint density at radius 2 is 1.87 bits per heavy atom. The number of aromatic amines is 2. The lowest BCUT2D eigenvalue weighted by atomic mass is 10.2. The summed E-state index contributed by atoms with van der Waals surface area (Å²) in [6.45, 7) is 0.347. The average molecular weight is 571 g/mol. The molecule has 5 rings (SSSR count). The number of nitrogens with one attached hydrogen (secondary N) is 2. The van der Waals surface area contributed by atoms with E-state index in [-0.39, 0.29) is 35.5 Å². The number of fused-ring (bicyclic) bond motifs is 1. The van der Waals surface area contributed by atoms with Gasteiger partial charge in [0.15, 0.2) is 11.2 Å². The Kier molecular flexibility index (Phi) is 7.29. The molecule has 18 nitrogen and oxygen atoms in total. The molecule has 39 heavy (non-hydrogen) atoms. The number of aryl methyl sites for hydroxylation is 1. The van der Waals surface area contributed by atoms with Gasteiger partial charge >= 0.3 is 13.5 Å². The first-order valence-electron chi connectivity index (χ1n) is 11.8. The van der Waals surface area contributed by atoms with Gasteiger partial charge in [0.2, 0.25) is 5.95 Å². The normalized spacial score (nSPS) is 28.7. The highest BCUT2D eigenvalue weighted by Gasteiger charge is 2.43. The zero-order chi connectivity index (χ0) is 28.1. The Morgan fingerprint density at radius 1 is 1.15 bits per heavy atom. The molecule has 2 saturated heterocycles. The first-order valence-corrected chi connectivity index (χ1v) is 13.2. The van der Waals surface area contributed by atoms with E-state index in [9.17, 15) is 34.1 Å². The Labute approximate surface area is 217 Å². The molecule has 0 bridgehead atoms. The van der Waals surface area contributed by atoms with E-state index in [2.05, 4.69) is 19.9 Å². The number of anilines is 1. The standard InChI is InChI=1S/C20H26N7O11P/c1-8-4-26(20(32)25-17(8)30)14-3-10(11(5-28)36-14)38-39(33,34)35-6-12-9(29)2-13(37-12)27-7-22-15-16(27)23-19(21)24-18(15)31/h4,7,9-14,28-29H,2-3,5-6H2,1H3,(H,33,34)(H,25,30,32)(H3,21,23,24,31)/t9-,10-,11+,12+,13+,14+/m0/s1. The van der Waals surface area contributed by atoms with Gasteiger partial charge in [0.1, 0.15) is 30.8 Å². The summed E-state index contributed by atoms with van der Waals surface area (Å²) in [4.78, 5) is 58.7. The van der Waals surface area contributed by atoms with Crippen molar-refractivity contribution in [1.82, 2.24) is 29.1 Å². The number of hydrogen-bond acceptors (Lipinski definition) is 13. The number of ether oxygens (including phenoxy) is 2. The molecule has 0 saturated carbocycles. The van der Waals surface area contributed by atoms with E-state index in [1.54, 1.807) is 0 Å². The Bertz CT molecular complexity index is 1600. The summed E-state index contributed by atoms with van der Waals surface area (Å²) in [5, 5.41) is 20.1. The molecule has 0 amide bonds. The summed E-state index contributed by atoms with van der Waals surface area (Å²) >= 11 is 0. The number of aromatic nitrogens is 6. The molecule has 0 aliphatic carbocycles. The van der Waals surface area contributed by atoms with Gasteiger partial charge in [-0.25, -0.2) is 14.3 Å². The van der Waals surface area contributed by atoms with Crippen molar-refractivity contribution in [2.24, 2.45) is 0 Å². The third kappa shape index (κ3) is 5.45. The molecule has 1 unspecified atom stereocenters. The van der Waals surface area contributed by atoms with Crippen molar-refractivity contribution in [3.63, 3.8) is 0 Å². The topological polar surface area (TPSA) is 259 Å². The third-order valence-electron chi connectivity index (χ3n) is 6.45. The summed E-state index contributed by atoms with van der Waals surface area (Å²) in [6, 6.07) is 0. The van der Waals surface area contributed by atoms with Crippen molar-refractivity contribution in [3.8, 4) is 0 Å². The summed E-state index contributed by atoms with van der Waals surface area (Å²) in [7, 11) is -4.77. The van der Waals surface area contributed by atoms with Gasteiger partial charge in [-0.3, -0.25) is 37.7 Å². The fourth-order valence-electron chi connectivity index (χ4n) is 4.51. The predicted molar refractivity (Wildman–Crippen MR) is 129 cm³/mol. The number of phosphoric ester groups is 1. The minimum Gasteiger partial charge on any atom is -0.394 e. The molecule has 2 aliphatic rings. The zero-order valence-corrected chi connectivity index (χ0v) is 21.3. The van der Waals surface area contributed by atoms with Crippen LogP contribution in [0.1, 0.15) is 30.9 Å². The van der Waals surface area contributed by atoms with Crippen molar-refractivity contribution >= 4 is 24.9 Å². The molecule has 19 heteroatoms. The number of imidazole rings is 1. The number of aliphatic hydroxyl groups excluding tert-OH is 2. The first kappa shape index (κ1) is 27.4. The van der Waals surface area contributed by atoms with Crippen molar-refractivity contribution in [3.05, 3.63) is 49.3 Å². The second-order valence-corrected chi connectivity index (χ2v) is 10.5. The second-order valence-electron chi connectivity index (χ2n) is 9.14. The molecule has 2 fully saturated rings. The molecular weight excluding hydrogens is 545 g/mol. The van der Waals surface area contributed by atoms with Gasteiger partial charge in [0.25, 0.3) is 11.1 Å². The summed E-state index contributed by atoms with van der Waals surface area (Å²) in [6.07, 6.45) is -3.72. The number of phosphoric acid groups is 1. The largest absolute Gasteiger partial charge is 0.472 e. The van der Waals surface area contributed by atoms with E-state index >= 15 is 0 Å². The maximum Gasteiger partial charge on any atom is 0.472 e. The molecule has 0 spiro atoms. The van der Waals surface area contributed by atoms with Crippen LogP contribution in [0.4, 0.5) is 5.95 Å². The molecule has 7 atom stereocenters. The Hall–Kier alpha value is -3.22. The fraction of sp³-hybridized carbons (Fsp3) is 0.550. The number of nitrogens with zero attached hydrogens (tertiary/aromatic N) is 4. The molecule has 7 N–H and O–H groups in total. The summed E-state index contributed by atoms with van der Waals surface area (Å²) in [5.41, 5.74) is 4.12. The van der Waals surface area contributed by atoms with E-state index in [4.69, 9.17) is 24.3 Å². The SMILES string of the molecule is Cc1cn([C@H]2C[C@H](OP(=O)(O)OC[C@H]3O[C@@H](n4cnc5c(=O)[nH]c(N)nc54)C[C@@H]3O)[C@@H](CO)O2)c(=O)[nH]c1=O. The van der Waals surface area contributed by atoms with Crippen LogP contribution in [0, 0.1) is 6.92 Å². The van der Waals surface area contributed by atoms with E-state index in [1.807, 2.05) is 0 Å². The van der Waals surface area contributed by atoms with Gasteiger partial charge in [0, 0.05) is 24.6 Å². The Morgan fingerprint density at radius 3 is 2.62 bits per heavy atom. The van der Waals surface area contributed by atoms with Gasteiger partial charge in [0.05, 0.1) is 25.6 Å². The quantitative estimate of drug-likeness (QED) is 0.160. The van der Waals surface area contributed by atoms with Gasteiger partial charge in [-0.2, -0.15) is 4.98 Å². The van der Waals surface area contributed by atoms with Crippen molar-refractivity contribution < 1.29 is 38.2 Å². The molecule has 3 aromatic rings. The molecule has 0 radical (unpaired) electrons. The van der Waals surface area contributed by atoms with Crippen LogP contribution in [0.2, 0.25) is 0 Å².